The molecule has 0 aromatic heterocycles. The molecule has 1 aliphatic rings. The predicted molar refractivity (Wildman–Crippen MR) is 100 cm³/mol. The molecule has 0 saturated carbocycles. The molecule has 0 spiro atoms. The van der Waals surface area contributed by atoms with Gasteiger partial charge in [0.1, 0.15) is 5.75 Å². The Balaban J connectivity index is 1.91. The third-order valence-corrected chi connectivity index (χ3v) is 4.41. The minimum absolute atomic E-state index is 0.00416. The number of nitrogens with one attached hydrogen (secondary N) is 3. The zero-order valence-corrected chi connectivity index (χ0v) is 15.6. The van der Waals surface area contributed by atoms with Gasteiger partial charge < -0.3 is 20.7 Å². The second kappa shape index (κ2) is 7.86. The van der Waals surface area contributed by atoms with Crippen LogP contribution in [0.2, 0.25) is 0 Å². The molecule has 0 saturated heterocycles. The number of urea groups is 1. The van der Waals surface area contributed by atoms with Crippen LogP contribution in [0.1, 0.15) is 24.1 Å². The Morgan fingerprint density at radius 1 is 1.14 bits per heavy atom. The van der Waals surface area contributed by atoms with Crippen LogP contribution in [0.15, 0.2) is 59.8 Å². The number of carbonyl (C=O) groups excluding carboxylic acids is 2. The lowest BCUT2D eigenvalue weighted by molar-refractivity contribution is -0.137. The highest BCUT2D eigenvalue weighted by Gasteiger charge is 2.33. The molecule has 3 N–H and O–H groups in total. The summed E-state index contributed by atoms with van der Waals surface area (Å²) in [6.45, 7) is 1.55. The fourth-order valence-electron chi connectivity index (χ4n) is 3.01. The first-order chi connectivity index (χ1) is 13.7. The van der Waals surface area contributed by atoms with Gasteiger partial charge in [-0.05, 0) is 42.8 Å². The van der Waals surface area contributed by atoms with Crippen molar-refractivity contribution in [3.63, 3.8) is 0 Å². The number of methoxy groups -OCH3 is 1. The lowest BCUT2D eigenvalue weighted by Crippen LogP contribution is -2.45. The highest BCUT2D eigenvalue weighted by molar-refractivity contribution is 6.06. The van der Waals surface area contributed by atoms with Gasteiger partial charge in [0.2, 0.25) is 0 Å². The van der Waals surface area contributed by atoms with Crippen LogP contribution in [-0.2, 0) is 11.0 Å². The van der Waals surface area contributed by atoms with Gasteiger partial charge >= 0.3 is 12.2 Å². The Kier molecular flexibility index (Phi) is 5.49. The summed E-state index contributed by atoms with van der Waals surface area (Å²) in [5.41, 5.74) is 0.235. The molecule has 1 aliphatic heterocycles. The third-order valence-electron chi connectivity index (χ3n) is 4.41. The summed E-state index contributed by atoms with van der Waals surface area (Å²) in [6.07, 6.45) is -4.53. The second-order valence-electron chi connectivity index (χ2n) is 6.38. The largest absolute Gasteiger partial charge is 0.497 e. The van der Waals surface area contributed by atoms with E-state index in [2.05, 4.69) is 16.0 Å². The first-order valence-electron chi connectivity index (χ1n) is 8.60. The van der Waals surface area contributed by atoms with Crippen LogP contribution in [0.5, 0.6) is 5.75 Å². The lowest BCUT2D eigenvalue weighted by Gasteiger charge is -2.28. The number of rotatable bonds is 4. The number of hydrogen-bond donors (Lipinski definition) is 3. The molecule has 0 aliphatic carbocycles. The molecule has 0 bridgehead atoms. The van der Waals surface area contributed by atoms with Gasteiger partial charge in [0.05, 0.1) is 24.3 Å². The van der Waals surface area contributed by atoms with Crippen LogP contribution in [0.25, 0.3) is 0 Å². The summed E-state index contributed by atoms with van der Waals surface area (Å²) in [7, 11) is 1.51. The van der Waals surface area contributed by atoms with Crippen molar-refractivity contribution in [2.75, 3.05) is 12.4 Å². The molecular formula is C20H18F3N3O3. The van der Waals surface area contributed by atoms with Crippen molar-refractivity contribution in [3.05, 3.63) is 70.9 Å². The number of alkyl halides is 3. The predicted octanol–water partition coefficient (Wildman–Crippen LogP) is 3.98. The molecule has 0 radical (unpaired) electrons. The first-order valence-corrected chi connectivity index (χ1v) is 8.60. The van der Waals surface area contributed by atoms with Gasteiger partial charge in [0, 0.05) is 11.4 Å². The molecule has 152 valence electrons. The van der Waals surface area contributed by atoms with Gasteiger partial charge in [-0.3, -0.25) is 4.79 Å². The Morgan fingerprint density at radius 3 is 2.45 bits per heavy atom. The lowest BCUT2D eigenvalue weighted by atomic mass is 9.94. The summed E-state index contributed by atoms with van der Waals surface area (Å²) in [5, 5.41) is 7.66. The highest BCUT2D eigenvalue weighted by atomic mass is 19.4. The first kappa shape index (κ1) is 20.2. The maximum Gasteiger partial charge on any atom is 0.416 e. The molecule has 2 aromatic carbocycles. The van der Waals surface area contributed by atoms with Gasteiger partial charge in [0.25, 0.3) is 5.91 Å². The van der Waals surface area contributed by atoms with Crippen LogP contribution in [-0.4, -0.2) is 19.0 Å². The number of amides is 3. The number of carbonyl (C=O) groups is 2. The average Bonchev–Trinajstić information content (AvgIpc) is 2.67. The van der Waals surface area contributed by atoms with Crippen molar-refractivity contribution in [2.45, 2.75) is 19.1 Å². The minimum Gasteiger partial charge on any atom is -0.497 e. The van der Waals surface area contributed by atoms with Crippen LogP contribution < -0.4 is 20.7 Å². The van der Waals surface area contributed by atoms with E-state index in [1.807, 2.05) is 0 Å². The Labute approximate surface area is 164 Å². The van der Waals surface area contributed by atoms with E-state index in [-0.39, 0.29) is 11.3 Å². The fraction of sp³-hybridized carbons (Fsp3) is 0.200. The summed E-state index contributed by atoms with van der Waals surface area (Å²) in [5.74, 6) is -0.0279. The van der Waals surface area contributed by atoms with E-state index in [0.717, 1.165) is 12.1 Å². The second-order valence-corrected chi connectivity index (χ2v) is 6.38. The smallest absolute Gasteiger partial charge is 0.416 e. The van der Waals surface area contributed by atoms with Crippen molar-refractivity contribution in [3.8, 4) is 5.75 Å². The molecule has 6 nitrogen and oxygen atoms in total. The monoisotopic (exact) mass is 405 g/mol. The Morgan fingerprint density at radius 2 is 1.83 bits per heavy atom. The van der Waals surface area contributed by atoms with E-state index >= 15 is 0 Å². The van der Waals surface area contributed by atoms with Gasteiger partial charge in [-0.1, -0.05) is 18.2 Å². The Hall–Kier alpha value is -3.49. The van der Waals surface area contributed by atoms with Gasteiger partial charge in [-0.2, -0.15) is 13.2 Å². The maximum absolute atomic E-state index is 12.9. The molecule has 2 aromatic rings. The molecule has 3 rings (SSSR count). The molecular weight excluding hydrogens is 387 g/mol. The van der Waals surface area contributed by atoms with Gasteiger partial charge in [-0.25, -0.2) is 4.79 Å². The van der Waals surface area contributed by atoms with Gasteiger partial charge in [0.15, 0.2) is 0 Å². The summed E-state index contributed by atoms with van der Waals surface area (Å²) in [4.78, 5) is 24.8. The van der Waals surface area contributed by atoms with Crippen LogP contribution >= 0.6 is 0 Å². The van der Waals surface area contributed by atoms with Crippen LogP contribution in [0.4, 0.5) is 23.7 Å². The van der Waals surface area contributed by atoms with E-state index in [9.17, 15) is 22.8 Å². The third kappa shape index (κ3) is 4.50. The standard InChI is InChI=1S/C20H18F3N3O3/c1-11-16(18(27)25-14-5-3-4-13(10-14)20(21,22)23)17(26-19(28)24-11)12-6-8-15(29-2)9-7-12/h3-10,17H,1-2H3,(H,25,27)(H2,24,26,28). The van der Waals surface area contributed by atoms with Crippen LogP contribution in [0, 0.1) is 0 Å². The summed E-state index contributed by atoms with van der Waals surface area (Å²) >= 11 is 0. The normalized spacial score (nSPS) is 16.7. The molecule has 0 fully saturated rings. The van der Waals surface area contributed by atoms with Crippen molar-refractivity contribution >= 4 is 17.6 Å². The SMILES string of the molecule is COc1ccc(C2NC(=O)NC(C)=C2C(=O)Nc2cccc(C(F)(F)F)c2)cc1. The number of halogens is 3. The minimum atomic E-state index is -4.53. The van der Waals surface area contributed by atoms with Crippen molar-refractivity contribution in [1.29, 1.82) is 0 Å². The summed E-state index contributed by atoms with van der Waals surface area (Å²) < 4.78 is 43.9. The van der Waals surface area contributed by atoms with Crippen molar-refractivity contribution in [1.82, 2.24) is 10.6 Å². The maximum atomic E-state index is 12.9. The zero-order chi connectivity index (χ0) is 21.2. The van der Waals surface area contributed by atoms with Crippen molar-refractivity contribution in [2.24, 2.45) is 0 Å². The highest BCUT2D eigenvalue weighted by Crippen LogP contribution is 2.32. The molecule has 3 amide bonds. The summed E-state index contributed by atoms with van der Waals surface area (Å²) in [6, 6.07) is 9.83. The fourth-order valence-corrected chi connectivity index (χ4v) is 3.01. The molecule has 9 heteroatoms. The van der Waals surface area contributed by atoms with Crippen molar-refractivity contribution < 1.29 is 27.5 Å². The zero-order valence-electron chi connectivity index (χ0n) is 15.6. The molecule has 1 heterocycles. The molecule has 1 atom stereocenters. The average molecular weight is 405 g/mol. The number of allylic oxidation sites excluding steroid dienone is 1. The number of anilines is 1. The topological polar surface area (TPSA) is 79.5 Å². The van der Waals surface area contributed by atoms with E-state index < -0.39 is 29.7 Å². The van der Waals surface area contributed by atoms with E-state index in [1.54, 1.807) is 31.2 Å². The molecule has 29 heavy (non-hydrogen) atoms. The van der Waals surface area contributed by atoms with Crippen LogP contribution in [0.3, 0.4) is 0 Å². The van der Waals surface area contributed by atoms with E-state index in [4.69, 9.17) is 4.74 Å². The van der Waals surface area contributed by atoms with E-state index in [0.29, 0.717) is 17.0 Å². The van der Waals surface area contributed by atoms with Gasteiger partial charge in [-0.15, -0.1) is 0 Å². The quantitative estimate of drug-likeness (QED) is 0.720. The Bertz CT molecular complexity index is 969. The van der Waals surface area contributed by atoms with E-state index in [1.165, 1.54) is 19.2 Å². The molecule has 1 unspecified atom stereocenters. The number of hydrogen-bond acceptors (Lipinski definition) is 3. The number of ether oxygens (including phenoxy) is 1. The number of benzene rings is 2.